The first kappa shape index (κ1) is 22.2. The number of rotatable bonds is 6. The molecule has 3 rings (SSSR count). The Balaban J connectivity index is 2.04. The van der Waals surface area contributed by atoms with Crippen LogP contribution >= 0.6 is 0 Å². The van der Waals surface area contributed by atoms with Crippen molar-refractivity contribution in [3.05, 3.63) is 41.6 Å². The Morgan fingerprint density at radius 1 is 1.10 bits per heavy atom. The second-order valence-electron chi connectivity index (χ2n) is 8.88. The zero-order valence-electron chi connectivity index (χ0n) is 19.3. The molecule has 1 aliphatic heterocycles. The van der Waals surface area contributed by atoms with E-state index in [1.807, 2.05) is 37.2 Å². The van der Waals surface area contributed by atoms with Gasteiger partial charge in [-0.1, -0.05) is 32.0 Å². The van der Waals surface area contributed by atoms with Gasteiger partial charge in [0.2, 0.25) is 0 Å². The van der Waals surface area contributed by atoms with Crippen LogP contribution in [0.2, 0.25) is 0 Å². The summed E-state index contributed by atoms with van der Waals surface area (Å²) in [4.78, 5) is 21.3. The van der Waals surface area contributed by atoms with Crippen molar-refractivity contribution in [2.45, 2.75) is 27.3 Å². The molecule has 7 heteroatoms. The Kier molecular flexibility index (Phi) is 7.02. The SMILES string of the molecule is Cc1nn(-c2ccccc2)c(N2CCN(C)CC2)c1CN(CC(C)C)C(=O)N(C)C. The van der Waals surface area contributed by atoms with Gasteiger partial charge < -0.3 is 19.6 Å². The average Bonchev–Trinajstić information content (AvgIpc) is 3.04. The lowest BCUT2D eigenvalue weighted by atomic mass is 10.1. The number of amides is 2. The predicted molar refractivity (Wildman–Crippen MR) is 122 cm³/mol. The summed E-state index contributed by atoms with van der Waals surface area (Å²) in [6.45, 7) is 11.6. The van der Waals surface area contributed by atoms with Crippen LogP contribution in [0, 0.1) is 12.8 Å². The molecule has 0 bridgehead atoms. The highest BCUT2D eigenvalue weighted by Crippen LogP contribution is 2.30. The molecule has 2 aromatic rings. The molecule has 1 fully saturated rings. The van der Waals surface area contributed by atoms with Crippen LogP contribution in [0.25, 0.3) is 5.69 Å². The highest BCUT2D eigenvalue weighted by Gasteiger charge is 2.27. The van der Waals surface area contributed by atoms with E-state index in [1.165, 1.54) is 0 Å². The molecule has 7 nitrogen and oxygen atoms in total. The predicted octanol–water partition coefficient (Wildman–Crippen LogP) is 3.07. The molecule has 0 spiro atoms. The molecule has 164 valence electrons. The van der Waals surface area contributed by atoms with Crippen LogP contribution < -0.4 is 4.90 Å². The lowest BCUT2D eigenvalue weighted by Gasteiger charge is -2.35. The van der Waals surface area contributed by atoms with Gasteiger partial charge in [0.05, 0.1) is 17.9 Å². The number of hydrogen-bond donors (Lipinski definition) is 0. The first-order chi connectivity index (χ1) is 14.3. The number of urea groups is 1. The van der Waals surface area contributed by atoms with Crippen molar-refractivity contribution >= 4 is 11.8 Å². The molecular weight excluding hydrogens is 376 g/mol. The molecule has 2 amide bonds. The van der Waals surface area contributed by atoms with Crippen molar-refractivity contribution in [2.24, 2.45) is 5.92 Å². The van der Waals surface area contributed by atoms with Gasteiger partial charge in [-0.2, -0.15) is 5.10 Å². The maximum absolute atomic E-state index is 12.9. The lowest BCUT2D eigenvalue weighted by molar-refractivity contribution is 0.161. The van der Waals surface area contributed by atoms with E-state index in [1.54, 1.807) is 4.90 Å². The van der Waals surface area contributed by atoms with E-state index < -0.39 is 0 Å². The van der Waals surface area contributed by atoms with Gasteiger partial charge in [-0.3, -0.25) is 0 Å². The smallest absolute Gasteiger partial charge is 0.319 e. The minimum Gasteiger partial charge on any atom is -0.354 e. The second kappa shape index (κ2) is 9.51. The van der Waals surface area contributed by atoms with Crippen LogP contribution in [0.5, 0.6) is 0 Å². The quantitative estimate of drug-likeness (QED) is 0.732. The van der Waals surface area contributed by atoms with E-state index in [4.69, 9.17) is 5.10 Å². The van der Waals surface area contributed by atoms with Gasteiger partial charge >= 0.3 is 6.03 Å². The largest absolute Gasteiger partial charge is 0.354 e. The van der Waals surface area contributed by atoms with Gasteiger partial charge in [0.15, 0.2) is 0 Å². The fraction of sp³-hybridized carbons (Fsp3) is 0.565. The second-order valence-corrected chi connectivity index (χ2v) is 8.88. The summed E-state index contributed by atoms with van der Waals surface area (Å²) in [5.74, 6) is 1.51. The van der Waals surface area contributed by atoms with E-state index in [0.29, 0.717) is 12.5 Å². The normalized spacial score (nSPS) is 15.0. The first-order valence-electron chi connectivity index (χ1n) is 10.8. The molecule has 0 radical (unpaired) electrons. The van der Waals surface area contributed by atoms with E-state index in [0.717, 1.165) is 55.5 Å². The minimum atomic E-state index is 0.0416. The Morgan fingerprint density at radius 3 is 2.30 bits per heavy atom. The van der Waals surface area contributed by atoms with Gasteiger partial charge in [-0.25, -0.2) is 9.48 Å². The highest BCUT2D eigenvalue weighted by atomic mass is 16.2. The van der Waals surface area contributed by atoms with Crippen molar-refractivity contribution in [3.63, 3.8) is 0 Å². The van der Waals surface area contributed by atoms with Crippen LogP contribution in [0.15, 0.2) is 30.3 Å². The maximum atomic E-state index is 12.9. The molecule has 30 heavy (non-hydrogen) atoms. The molecule has 0 saturated carbocycles. The fourth-order valence-electron chi connectivity index (χ4n) is 3.95. The van der Waals surface area contributed by atoms with Gasteiger partial charge in [-0.15, -0.1) is 0 Å². The topological polar surface area (TPSA) is 47.9 Å². The Hall–Kier alpha value is -2.54. The molecule has 1 saturated heterocycles. The number of benzene rings is 1. The highest BCUT2D eigenvalue weighted by molar-refractivity contribution is 5.74. The molecule has 0 atom stereocenters. The molecule has 0 aliphatic carbocycles. The molecule has 0 N–H and O–H groups in total. The number of piperazine rings is 1. The van der Waals surface area contributed by atoms with Crippen LogP contribution in [0.1, 0.15) is 25.1 Å². The number of likely N-dealkylation sites (N-methyl/N-ethyl adjacent to an activating group) is 1. The number of carbonyl (C=O) groups is 1. The fourth-order valence-corrected chi connectivity index (χ4v) is 3.95. The molecule has 2 heterocycles. The molecule has 1 aromatic carbocycles. The first-order valence-corrected chi connectivity index (χ1v) is 10.8. The average molecular weight is 413 g/mol. The van der Waals surface area contributed by atoms with Crippen molar-refractivity contribution in [2.75, 3.05) is 58.8 Å². The van der Waals surface area contributed by atoms with Gasteiger partial charge in [0.25, 0.3) is 0 Å². The van der Waals surface area contributed by atoms with Crippen LogP contribution in [-0.4, -0.2) is 84.4 Å². The van der Waals surface area contributed by atoms with E-state index in [2.05, 4.69) is 54.4 Å². The molecule has 1 aromatic heterocycles. The molecule has 1 aliphatic rings. The van der Waals surface area contributed by atoms with Crippen LogP contribution in [0.4, 0.5) is 10.6 Å². The number of para-hydroxylation sites is 1. The summed E-state index contributed by atoms with van der Waals surface area (Å²) in [6, 6.07) is 10.3. The zero-order chi connectivity index (χ0) is 21.8. The molecule has 0 unspecified atom stereocenters. The summed E-state index contributed by atoms with van der Waals surface area (Å²) >= 11 is 0. The van der Waals surface area contributed by atoms with E-state index in [-0.39, 0.29) is 6.03 Å². The van der Waals surface area contributed by atoms with Crippen LogP contribution in [0.3, 0.4) is 0 Å². The van der Waals surface area contributed by atoms with E-state index >= 15 is 0 Å². The third-order valence-electron chi connectivity index (χ3n) is 5.55. The van der Waals surface area contributed by atoms with Crippen molar-refractivity contribution in [3.8, 4) is 5.69 Å². The minimum absolute atomic E-state index is 0.0416. The summed E-state index contributed by atoms with van der Waals surface area (Å²) in [5, 5.41) is 4.92. The summed E-state index contributed by atoms with van der Waals surface area (Å²) < 4.78 is 2.06. The van der Waals surface area contributed by atoms with E-state index in [9.17, 15) is 4.79 Å². The zero-order valence-corrected chi connectivity index (χ0v) is 19.3. The number of anilines is 1. The number of aryl methyl sites for hydroxylation is 1. The standard InChI is InChI=1S/C23H36N6O/c1-18(2)16-28(23(30)25(4)5)17-21-19(3)24-29(20-10-8-7-9-11-20)22(21)27-14-12-26(6)13-15-27/h7-11,18H,12-17H2,1-6H3. The third-order valence-corrected chi connectivity index (χ3v) is 5.55. The Morgan fingerprint density at radius 2 is 1.73 bits per heavy atom. The van der Waals surface area contributed by atoms with Crippen molar-refractivity contribution < 1.29 is 4.79 Å². The summed E-state index contributed by atoms with van der Waals surface area (Å²) in [7, 11) is 5.80. The van der Waals surface area contributed by atoms with Crippen LogP contribution in [-0.2, 0) is 6.54 Å². The Labute approximate surface area is 180 Å². The Bertz CT molecular complexity index is 837. The van der Waals surface area contributed by atoms with Crippen molar-refractivity contribution in [1.82, 2.24) is 24.5 Å². The maximum Gasteiger partial charge on any atom is 0.319 e. The number of hydrogen-bond acceptors (Lipinski definition) is 4. The van der Waals surface area contributed by atoms with Gasteiger partial charge in [-0.05, 0) is 32.0 Å². The number of carbonyl (C=O) groups excluding carboxylic acids is 1. The number of aromatic nitrogens is 2. The van der Waals surface area contributed by atoms with Crippen molar-refractivity contribution in [1.29, 1.82) is 0 Å². The summed E-state index contributed by atoms with van der Waals surface area (Å²) in [6.07, 6.45) is 0. The van der Waals surface area contributed by atoms with Gasteiger partial charge in [0, 0.05) is 52.4 Å². The lowest BCUT2D eigenvalue weighted by Crippen LogP contribution is -2.46. The van der Waals surface area contributed by atoms with Gasteiger partial charge in [0.1, 0.15) is 5.82 Å². The molecular formula is C23H36N6O. The number of nitrogens with zero attached hydrogens (tertiary/aromatic N) is 6. The monoisotopic (exact) mass is 412 g/mol. The third kappa shape index (κ3) is 4.95. The summed E-state index contributed by atoms with van der Waals surface area (Å²) in [5.41, 5.74) is 3.17.